The summed E-state index contributed by atoms with van der Waals surface area (Å²) in [5.74, 6) is 0.456. The monoisotopic (exact) mass is 224 g/mol. The van der Waals surface area contributed by atoms with E-state index in [-0.39, 0.29) is 0 Å². The van der Waals surface area contributed by atoms with Crippen molar-refractivity contribution in [1.82, 2.24) is 15.0 Å². The lowest BCUT2D eigenvalue weighted by Gasteiger charge is -2.18. The highest BCUT2D eigenvalue weighted by Gasteiger charge is 2.19. The largest absolute Gasteiger partial charge is 0.330 e. The van der Waals surface area contributed by atoms with Gasteiger partial charge in [-0.1, -0.05) is 32.9 Å². The first-order valence-electron chi connectivity index (χ1n) is 6.29. The van der Waals surface area contributed by atoms with Gasteiger partial charge in [-0.2, -0.15) is 0 Å². The Morgan fingerprint density at radius 3 is 2.31 bits per heavy atom. The van der Waals surface area contributed by atoms with Gasteiger partial charge in [0.15, 0.2) is 0 Å². The van der Waals surface area contributed by atoms with Crippen molar-refractivity contribution in [2.24, 2.45) is 5.73 Å². The summed E-state index contributed by atoms with van der Waals surface area (Å²) >= 11 is 0. The lowest BCUT2D eigenvalue weighted by Crippen LogP contribution is -2.14. The minimum absolute atomic E-state index is 0.456. The summed E-state index contributed by atoms with van der Waals surface area (Å²) in [4.78, 5) is 0. The molecule has 4 nitrogen and oxygen atoms in total. The highest BCUT2D eigenvalue weighted by Crippen LogP contribution is 2.24. The number of nitrogens with zero attached hydrogens (tertiary/aromatic N) is 3. The maximum absolute atomic E-state index is 5.60. The molecule has 0 aliphatic carbocycles. The third-order valence-electron chi connectivity index (χ3n) is 3.02. The summed E-state index contributed by atoms with van der Waals surface area (Å²) in [6.45, 7) is 9.42. The molecular weight excluding hydrogens is 200 g/mol. The van der Waals surface area contributed by atoms with E-state index in [2.05, 4.69) is 42.7 Å². The quantitative estimate of drug-likeness (QED) is 0.806. The van der Waals surface area contributed by atoms with E-state index in [4.69, 9.17) is 5.73 Å². The van der Waals surface area contributed by atoms with Gasteiger partial charge in [-0.25, -0.2) is 4.68 Å². The molecular formula is C12H24N4. The van der Waals surface area contributed by atoms with Crippen molar-refractivity contribution in [1.29, 1.82) is 0 Å². The van der Waals surface area contributed by atoms with Gasteiger partial charge < -0.3 is 5.73 Å². The van der Waals surface area contributed by atoms with E-state index in [0.29, 0.717) is 18.5 Å². The Labute approximate surface area is 98.2 Å². The fourth-order valence-electron chi connectivity index (χ4n) is 2.15. The first-order valence-corrected chi connectivity index (χ1v) is 6.29. The van der Waals surface area contributed by atoms with Crippen molar-refractivity contribution in [3.8, 4) is 0 Å². The van der Waals surface area contributed by atoms with Crippen LogP contribution in [-0.4, -0.2) is 21.5 Å². The molecule has 1 aromatic heterocycles. The van der Waals surface area contributed by atoms with E-state index in [1.165, 1.54) is 5.69 Å². The van der Waals surface area contributed by atoms with Crippen LogP contribution in [0.5, 0.6) is 0 Å². The fourth-order valence-corrected chi connectivity index (χ4v) is 2.15. The first kappa shape index (κ1) is 13.2. The highest BCUT2D eigenvalue weighted by molar-refractivity contribution is 5.15. The second kappa shape index (κ2) is 5.99. The zero-order valence-electron chi connectivity index (χ0n) is 10.9. The molecule has 0 atom stereocenters. The Kier molecular flexibility index (Phi) is 4.93. The highest BCUT2D eigenvalue weighted by atomic mass is 15.4. The molecule has 0 bridgehead atoms. The first-order chi connectivity index (χ1) is 7.65. The van der Waals surface area contributed by atoms with Crippen LogP contribution >= 0.6 is 0 Å². The van der Waals surface area contributed by atoms with Gasteiger partial charge in [0.05, 0.1) is 17.4 Å². The van der Waals surface area contributed by atoms with Crippen LogP contribution in [0.2, 0.25) is 0 Å². The number of rotatable bonds is 6. The maximum Gasteiger partial charge on any atom is 0.0874 e. The SMILES string of the molecule is CCC(CC)n1nnc(CCN)c1C(C)C. The van der Waals surface area contributed by atoms with Gasteiger partial charge in [-0.05, 0) is 25.3 Å². The van der Waals surface area contributed by atoms with Crippen LogP contribution < -0.4 is 5.73 Å². The van der Waals surface area contributed by atoms with Gasteiger partial charge in [0.2, 0.25) is 0 Å². The fraction of sp³-hybridized carbons (Fsp3) is 0.833. The van der Waals surface area contributed by atoms with Crippen LogP contribution in [0.1, 0.15) is 63.9 Å². The Morgan fingerprint density at radius 1 is 1.25 bits per heavy atom. The van der Waals surface area contributed by atoms with Gasteiger partial charge >= 0.3 is 0 Å². The average Bonchev–Trinajstić information content (AvgIpc) is 2.64. The van der Waals surface area contributed by atoms with Crippen molar-refractivity contribution in [2.45, 2.75) is 58.9 Å². The zero-order chi connectivity index (χ0) is 12.1. The molecule has 0 aromatic carbocycles. The molecule has 1 rings (SSSR count). The molecule has 0 fully saturated rings. The van der Waals surface area contributed by atoms with Crippen LogP contribution in [-0.2, 0) is 6.42 Å². The Balaban J connectivity index is 3.08. The van der Waals surface area contributed by atoms with Gasteiger partial charge in [-0.3, -0.25) is 0 Å². The number of hydrogen-bond acceptors (Lipinski definition) is 3. The lowest BCUT2D eigenvalue weighted by atomic mass is 10.0. The van der Waals surface area contributed by atoms with E-state index in [0.717, 1.165) is 25.0 Å². The zero-order valence-corrected chi connectivity index (χ0v) is 10.9. The Hall–Kier alpha value is -0.900. The molecule has 0 unspecified atom stereocenters. The van der Waals surface area contributed by atoms with E-state index in [1.54, 1.807) is 0 Å². The third-order valence-corrected chi connectivity index (χ3v) is 3.02. The molecule has 1 aromatic rings. The molecule has 16 heavy (non-hydrogen) atoms. The normalized spacial score (nSPS) is 11.7. The molecule has 0 spiro atoms. The molecule has 0 saturated heterocycles. The van der Waals surface area contributed by atoms with Crippen LogP contribution in [0.3, 0.4) is 0 Å². The number of aromatic nitrogens is 3. The molecule has 0 aliphatic heterocycles. The van der Waals surface area contributed by atoms with Crippen molar-refractivity contribution < 1.29 is 0 Å². The van der Waals surface area contributed by atoms with Crippen molar-refractivity contribution in [3.05, 3.63) is 11.4 Å². The second-order valence-corrected chi connectivity index (χ2v) is 4.53. The maximum atomic E-state index is 5.60. The van der Waals surface area contributed by atoms with Crippen molar-refractivity contribution >= 4 is 0 Å². The molecule has 4 heteroatoms. The lowest BCUT2D eigenvalue weighted by molar-refractivity contribution is 0.399. The Bertz CT molecular complexity index is 313. The summed E-state index contributed by atoms with van der Waals surface area (Å²) in [7, 11) is 0. The van der Waals surface area contributed by atoms with E-state index in [9.17, 15) is 0 Å². The predicted octanol–water partition coefficient (Wildman–Crippen LogP) is 2.26. The van der Waals surface area contributed by atoms with Gasteiger partial charge in [0.1, 0.15) is 0 Å². The van der Waals surface area contributed by atoms with Gasteiger partial charge in [-0.15, -0.1) is 5.10 Å². The molecule has 0 amide bonds. The number of hydrogen-bond donors (Lipinski definition) is 1. The minimum Gasteiger partial charge on any atom is -0.330 e. The van der Waals surface area contributed by atoms with Gasteiger partial charge in [0, 0.05) is 6.42 Å². The third kappa shape index (κ3) is 2.61. The summed E-state index contributed by atoms with van der Waals surface area (Å²) in [6, 6.07) is 0.469. The van der Waals surface area contributed by atoms with Crippen LogP contribution in [0, 0.1) is 0 Å². The smallest absolute Gasteiger partial charge is 0.0874 e. The van der Waals surface area contributed by atoms with Crippen LogP contribution in [0.25, 0.3) is 0 Å². The van der Waals surface area contributed by atoms with Crippen LogP contribution in [0.15, 0.2) is 0 Å². The summed E-state index contributed by atoms with van der Waals surface area (Å²) < 4.78 is 2.11. The van der Waals surface area contributed by atoms with Crippen molar-refractivity contribution in [2.75, 3.05) is 6.54 Å². The second-order valence-electron chi connectivity index (χ2n) is 4.53. The summed E-state index contributed by atoms with van der Waals surface area (Å²) in [5.41, 5.74) is 7.94. The van der Waals surface area contributed by atoms with E-state index >= 15 is 0 Å². The summed E-state index contributed by atoms with van der Waals surface area (Å²) in [6.07, 6.45) is 3.02. The van der Waals surface area contributed by atoms with Crippen molar-refractivity contribution in [3.63, 3.8) is 0 Å². The topological polar surface area (TPSA) is 56.7 Å². The molecule has 0 saturated carbocycles. The average molecular weight is 224 g/mol. The number of nitrogens with two attached hydrogens (primary N) is 1. The molecule has 2 N–H and O–H groups in total. The van der Waals surface area contributed by atoms with Crippen LogP contribution in [0.4, 0.5) is 0 Å². The standard InChI is InChI=1S/C12H24N4/c1-5-10(6-2)16-12(9(3)4)11(7-8-13)14-15-16/h9-10H,5-8,13H2,1-4H3. The van der Waals surface area contributed by atoms with E-state index < -0.39 is 0 Å². The van der Waals surface area contributed by atoms with E-state index in [1.807, 2.05) is 0 Å². The van der Waals surface area contributed by atoms with Gasteiger partial charge in [0.25, 0.3) is 0 Å². The molecule has 0 radical (unpaired) electrons. The summed E-state index contributed by atoms with van der Waals surface area (Å²) in [5, 5.41) is 8.59. The Morgan fingerprint density at radius 2 is 1.88 bits per heavy atom. The predicted molar refractivity (Wildman–Crippen MR) is 66.5 cm³/mol. The molecule has 1 heterocycles. The molecule has 92 valence electrons. The molecule has 0 aliphatic rings. The minimum atomic E-state index is 0.456.